The third kappa shape index (κ3) is 7.05. The van der Waals surface area contributed by atoms with Gasteiger partial charge in [-0.25, -0.2) is 28.7 Å². The number of hydrogen-bond acceptors (Lipinski definition) is 10. The van der Waals surface area contributed by atoms with Crippen LogP contribution in [-0.4, -0.2) is 55.8 Å². The average molecular weight is 735 g/mol. The number of unbranched alkanes of at least 4 members (excludes halogenated alkanes) is 1. The number of phenols is 1. The minimum atomic E-state index is -0.473. The summed E-state index contributed by atoms with van der Waals surface area (Å²) in [5, 5.41) is 11.9. The number of benzene rings is 4. The molecule has 0 aliphatic heterocycles. The van der Waals surface area contributed by atoms with Gasteiger partial charge in [0.1, 0.15) is 12.7 Å². The predicted octanol–water partition coefficient (Wildman–Crippen LogP) is 9.60. The van der Waals surface area contributed by atoms with Crippen molar-refractivity contribution in [3.8, 4) is 46.3 Å². The lowest BCUT2D eigenvalue weighted by Gasteiger charge is -2.13. The summed E-state index contributed by atoms with van der Waals surface area (Å²) in [7, 11) is 3.01. The van der Waals surface area contributed by atoms with Crippen LogP contribution in [0.25, 0.3) is 43.6 Å². The van der Waals surface area contributed by atoms with Crippen LogP contribution in [-0.2, 0) is 0 Å². The molecule has 276 valence electrons. The van der Waals surface area contributed by atoms with Crippen LogP contribution in [0.4, 0.5) is 8.78 Å². The number of fused-ring (bicyclic) bond motifs is 4. The Bertz CT molecular complexity index is 2640. The Morgan fingerprint density at radius 3 is 1.65 bits per heavy atom. The van der Waals surface area contributed by atoms with Crippen LogP contribution in [0.3, 0.4) is 0 Å². The quantitative estimate of drug-likeness (QED) is 0.116. The number of hydrogen-bond donors (Lipinski definition) is 3. The van der Waals surface area contributed by atoms with Crippen molar-refractivity contribution in [2.75, 3.05) is 20.8 Å². The highest BCUT2D eigenvalue weighted by Gasteiger charge is 2.18. The van der Waals surface area contributed by atoms with Gasteiger partial charge < -0.3 is 38.8 Å². The van der Waals surface area contributed by atoms with Crippen molar-refractivity contribution in [2.24, 2.45) is 0 Å². The van der Waals surface area contributed by atoms with Crippen molar-refractivity contribution in [1.29, 1.82) is 0 Å². The number of nitrogens with zero attached hydrogens (tertiary/aromatic N) is 4. The van der Waals surface area contributed by atoms with E-state index in [0.717, 1.165) is 29.7 Å². The van der Waals surface area contributed by atoms with E-state index in [2.05, 4.69) is 36.8 Å². The van der Waals surface area contributed by atoms with Crippen LogP contribution in [0.15, 0.2) is 73.3 Å². The van der Waals surface area contributed by atoms with E-state index in [1.807, 2.05) is 13.8 Å². The Morgan fingerprint density at radius 1 is 0.611 bits per heavy atom. The van der Waals surface area contributed by atoms with E-state index in [4.69, 9.17) is 23.7 Å². The van der Waals surface area contributed by atoms with Gasteiger partial charge in [-0.3, -0.25) is 0 Å². The van der Waals surface area contributed by atoms with Gasteiger partial charge >= 0.3 is 0 Å². The van der Waals surface area contributed by atoms with Crippen molar-refractivity contribution >= 4 is 43.6 Å². The largest absolute Gasteiger partial charge is 0.504 e. The normalized spacial score (nSPS) is 11.2. The zero-order chi connectivity index (χ0) is 37.9. The van der Waals surface area contributed by atoms with Gasteiger partial charge in [0.15, 0.2) is 46.1 Å². The summed E-state index contributed by atoms with van der Waals surface area (Å²) in [5.41, 5.74) is 4.24. The molecule has 0 radical (unpaired) electrons. The van der Waals surface area contributed by atoms with Crippen molar-refractivity contribution in [1.82, 2.24) is 29.9 Å². The molecule has 0 atom stereocenters. The fraction of sp³-hybridized carbons (Fsp3) is 0.200. The first-order valence-electron chi connectivity index (χ1n) is 17.1. The van der Waals surface area contributed by atoms with Crippen LogP contribution in [0, 0.1) is 25.5 Å². The zero-order valence-electron chi connectivity index (χ0n) is 30.1. The number of aryl methyl sites for hydroxylation is 2. The SMILES string of the molecule is CCCCOc1cc2ncnc(Oc3ccc4[nH]c(C)cc4c3F)c2cc1OC.COc1cc2c(Oc3ccc4[nH]c(C)cc4c3F)ncnc2cc1O. The number of aromatic amines is 2. The topological polar surface area (TPSA) is 150 Å². The molecule has 0 unspecified atom stereocenters. The lowest BCUT2D eigenvalue weighted by atomic mass is 10.2. The number of halogens is 2. The zero-order valence-corrected chi connectivity index (χ0v) is 30.1. The lowest BCUT2D eigenvalue weighted by molar-refractivity contribution is 0.289. The Morgan fingerprint density at radius 2 is 1.13 bits per heavy atom. The summed E-state index contributed by atoms with van der Waals surface area (Å²) in [6.07, 6.45) is 4.66. The van der Waals surface area contributed by atoms with E-state index in [1.165, 1.54) is 25.8 Å². The van der Waals surface area contributed by atoms with Gasteiger partial charge in [-0.1, -0.05) is 13.3 Å². The maximum Gasteiger partial charge on any atom is 0.230 e. The van der Waals surface area contributed by atoms with Gasteiger partial charge in [-0.15, -0.1) is 0 Å². The molecule has 54 heavy (non-hydrogen) atoms. The highest BCUT2D eigenvalue weighted by molar-refractivity contribution is 5.89. The number of aromatic hydroxyl groups is 1. The van der Waals surface area contributed by atoms with Gasteiger partial charge in [0.05, 0.1) is 42.6 Å². The second kappa shape index (κ2) is 15.1. The highest BCUT2D eigenvalue weighted by atomic mass is 19.1. The van der Waals surface area contributed by atoms with Crippen LogP contribution >= 0.6 is 0 Å². The first-order chi connectivity index (χ1) is 26.2. The first-order valence-corrected chi connectivity index (χ1v) is 17.1. The minimum absolute atomic E-state index is 0.0463. The highest BCUT2D eigenvalue weighted by Crippen LogP contribution is 2.39. The monoisotopic (exact) mass is 734 g/mol. The van der Waals surface area contributed by atoms with Crippen molar-refractivity contribution in [3.05, 3.63) is 96.3 Å². The van der Waals surface area contributed by atoms with Gasteiger partial charge in [-0.2, -0.15) is 0 Å². The van der Waals surface area contributed by atoms with Crippen molar-refractivity contribution in [2.45, 2.75) is 33.6 Å². The molecular formula is C40H36F2N6O6. The van der Waals surface area contributed by atoms with Crippen LogP contribution in [0.2, 0.25) is 0 Å². The number of phenolic OH excluding ortho intramolecular Hbond substituents is 1. The molecule has 0 fully saturated rings. The number of methoxy groups -OCH3 is 2. The van der Waals surface area contributed by atoms with Crippen molar-refractivity contribution in [3.63, 3.8) is 0 Å². The molecule has 8 rings (SSSR count). The van der Waals surface area contributed by atoms with E-state index >= 15 is 0 Å². The van der Waals surface area contributed by atoms with E-state index in [1.54, 1.807) is 61.7 Å². The Labute approximate surface area is 307 Å². The molecule has 0 saturated carbocycles. The number of aromatic nitrogens is 6. The molecule has 0 aliphatic rings. The second-order valence-electron chi connectivity index (χ2n) is 12.4. The Balaban J connectivity index is 0.000000168. The molecular weight excluding hydrogens is 698 g/mol. The third-order valence-corrected chi connectivity index (χ3v) is 8.63. The molecule has 0 saturated heterocycles. The maximum absolute atomic E-state index is 14.9. The number of rotatable bonds is 10. The van der Waals surface area contributed by atoms with E-state index < -0.39 is 11.6 Å². The molecule has 8 aromatic rings. The summed E-state index contributed by atoms with van der Waals surface area (Å²) in [6.45, 7) is 6.43. The molecule has 4 heterocycles. The van der Waals surface area contributed by atoms with Gasteiger partial charge in [-0.05, 0) is 68.8 Å². The van der Waals surface area contributed by atoms with Gasteiger partial charge in [0, 0.05) is 45.3 Å². The average Bonchev–Trinajstić information content (AvgIpc) is 3.75. The molecule has 14 heteroatoms. The van der Waals surface area contributed by atoms with E-state index in [9.17, 15) is 13.9 Å². The minimum Gasteiger partial charge on any atom is -0.504 e. The fourth-order valence-electron chi connectivity index (χ4n) is 5.96. The summed E-state index contributed by atoms with van der Waals surface area (Å²) in [6, 6.07) is 16.7. The number of nitrogens with one attached hydrogen (secondary N) is 2. The number of H-pyrrole nitrogens is 2. The smallest absolute Gasteiger partial charge is 0.230 e. The Kier molecular flexibility index (Phi) is 9.99. The molecule has 0 bridgehead atoms. The lowest BCUT2D eigenvalue weighted by Crippen LogP contribution is -2.00. The molecule has 0 aliphatic carbocycles. The second-order valence-corrected chi connectivity index (χ2v) is 12.4. The first kappa shape index (κ1) is 35.7. The molecule has 0 spiro atoms. The van der Waals surface area contributed by atoms with Crippen molar-refractivity contribution < 1.29 is 37.6 Å². The maximum atomic E-state index is 14.9. The number of ether oxygens (including phenoxy) is 5. The standard InChI is InChI=1S/C22H22FN3O3.C18H14FN3O3/c1-4-5-8-28-20-11-17-15(10-19(20)27-3)22(25-12-24-17)29-18-7-6-16-14(21(18)23)9-13(2)26-16;1-9-5-10-12(22-9)3-4-15(17(10)19)25-18-11-6-16(24-2)14(23)7-13(11)20-8-21-18/h6-7,9-12,26H,4-5,8H2,1-3H3;3-8,22-23H,1-2H3. The molecule has 4 aromatic heterocycles. The molecule has 0 amide bonds. The van der Waals surface area contributed by atoms with Gasteiger partial charge in [0.25, 0.3) is 0 Å². The van der Waals surface area contributed by atoms with Crippen LogP contribution in [0.5, 0.6) is 46.3 Å². The molecule has 4 aromatic carbocycles. The summed E-state index contributed by atoms with van der Waals surface area (Å²) in [4.78, 5) is 22.9. The summed E-state index contributed by atoms with van der Waals surface area (Å²) < 4.78 is 57.6. The summed E-state index contributed by atoms with van der Waals surface area (Å²) >= 11 is 0. The summed E-state index contributed by atoms with van der Waals surface area (Å²) in [5.74, 6) is 1.02. The Hall–Kier alpha value is -6.70. The fourth-order valence-corrected chi connectivity index (χ4v) is 5.96. The predicted molar refractivity (Wildman–Crippen MR) is 200 cm³/mol. The van der Waals surface area contributed by atoms with Crippen LogP contribution in [0.1, 0.15) is 31.2 Å². The van der Waals surface area contributed by atoms with E-state index in [0.29, 0.717) is 56.2 Å². The molecule has 3 N–H and O–H groups in total. The third-order valence-electron chi connectivity index (χ3n) is 8.63. The molecule has 12 nitrogen and oxygen atoms in total. The van der Waals surface area contributed by atoms with Crippen LogP contribution < -0.4 is 23.7 Å². The van der Waals surface area contributed by atoms with E-state index in [-0.39, 0.29) is 34.8 Å². The van der Waals surface area contributed by atoms with Gasteiger partial charge in [0.2, 0.25) is 11.8 Å².